The van der Waals surface area contributed by atoms with Gasteiger partial charge >= 0.3 is 5.69 Å². The Hall–Kier alpha value is -1.36. The fourth-order valence-corrected chi connectivity index (χ4v) is 4.10. The standard InChI is InChI=1S/C15H17ClFNO3/c16-13-9-14(15(13)6-2-1-3-7-15)21-10-4-5-12(18(19)20)11(17)8-10/h4-5,8,13-14H,1-3,6-7,9H2. The van der Waals surface area contributed by atoms with Gasteiger partial charge in [-0.25, -0.2) is 0 Å². The molecule has 0 aromatic heterocycles. The van der Waals surface area contributed by atoms with Crippen LogP contribution < -0.4 is 4.74 Å². The van der Waals surface area contributed by atoms with Gasteiger partial charge in [0.1, 0.15) is 11.9 Å². The smallest absolute Gasteiger partial charge is 0.305 e. The van der Waals surface area contributed by atoms with Gasteiger partial charge in [0.15, 0.2) is 0 Å². The molecule has 2 aliphatic rings. The topological polar surface area (TPSA) is 52.4 Å². The Kier molecular flexibility index (Phi) is 3.78. The van der Waals surface area contributed by atoms with Gasteiger partial charge in [0.25, 0.3) is 0 Å². The fraction of sp³-hybridized carbons (Fsp3) is 0.600. The third-order valence-electron chi connectivity index (χ3n) is 4.86. The van der Waals surface area contributed by atoms with Crippen molar-refractivity contribution >= 4 is 17.3 Å². The first kappa shape index (κ1) is 14.6. The van der Waals surface area contributed by atoms with Crippen LogP contribution in [0.25, 0.3) is 0 Å². The van der Waals surface area contributed by atoms with Gasteiger partial charge < -0.3 is 4.74 Å². The summed E-state index contributed by atoms with van der Waals surface area (Å²) in [7, 11) is 0. The van der Waals surface area contributed by atoms with Gasteiger partial charge in [0.2, 0.25) is 5.82 Å². The van der Waals surface area contributed by atoms with Gasteiger partial charge in [-0.05, 0) is 18.9 Å². The van der Waals surface area contributed by atoms with Crippen molar-refractivity contribution in [3.05, 3.63) is 34.1 Å². The molecular weight excluding hydrogens is 297 g/mol. The van der Waals surface area contributed by atoms with E-state index in [2.05, 4.69) is 0 Å². The summed E-state index contributed by atoms with van der Waals surface area (Å²) < 4.78 is 19.5. The number of hydrogen-bond acceptors (Lipinski definition) is 3. The van der Waals surface area contributed by atoms with E-state index in [1.165, 1.54) is 12.5 Å². The van der Waals surface area contributed by atoms with Crippen LogP contribution in [0.3, 0.4) is 0 Å². The molecule has 6 heteroatoms. The van der Waals surface area contributed by atoms with Crippen LogP contribution in [0.4, 0.5) is 10.1 Å². The Labute approximate surface area is 127 Å². The highest BCUT2D eigenvalue weighted by Crippen LogP contribution is 2.55. The Morgan fingerprint density at radius 1 is 1.33 bits per heavy atom. The fourth-order valence-electron chi connectivity index (χ4n) is 3.58. The normalized spacial score (nSPS) is 27.1. The second-order valence-corrected chi connectivity index (χ2v) is 6.50. The molecule has 2 atom stereocenters. The lowest BCUT2D eigenvalue weighted by molar-refractivity contribution is -0.387. The van der Waals surface area contributed by atoms with Crippen molar-refractivity contribution in [2.24, 2.45) is 5.41 Å². The molecule has 0 saturated heterocycles. The number of halogens is 2. The van der Waals surface area contributed by atoms with Crippen LogP contribution >= 0.6 is 11.6 Å². The molecule has 21 heavy (non-hydrogen) atoms. The molecule has 1 aromatic carbocycles. The van der Waals surface area contributed by atoms with Crippen LogP contribution in [0.5, 0.6) is 5.75 Å². The molecule has 1 spiro atoms. The molecule has 1 aromatic rings. The zero-order chi connectivity index (χ0) is 15.0. The summed E-state index contributed by atoms with van der Waals surface area (Å²) in [5.41, 5.74) is -0.531. The van der Waals surface area contributed by atoms with Crippen LogP contribution in [0.15, 0.2) is 18.2 Å². The van der Waals surface area contributed by atoms with E-state index in [1.807, 2.05) is 0 Å². The summed E-state index contributed by atoms with van der Waals surface area (Å²) in [5.74, 6) is -0.520. The number of benzene rings is 1. The number of nitrogens with zero attached hydrogens (tertiary/aromatic N) is 1. The molecule has 0 N–H and O–H groups in total. The zero-order valence-corrected chi connectivity index (χ0v) is 12.3. The Morgan fingerprint density at radius 2 is 2.05 bits per heavy atom. The SMILES string of the molecule is O=[N+]([O-])c1ccc(OC2CC(Cl)C23CCCCC3)cc1F. The summed E-state index contributed by atoms with van der Waals surface area (Å²) >= 11 is 6.40. The predicted molar refractivity (Wildman–Crippen MR) is 77.2 cm³/mol. The highest BCUT2D eigenvalue weighted by Gasteiger charge is 2.55. The highest BCUT2D eigenvalue weighted by atomic mass is 35.5. The molecule has 0 aliphatic heterocycles. The summed E-state index contributed by atoms with van der Waals surface area (Å²) in [6.45, 7) is 0. The lowest BCUT2D eigenvalue weighted by atomic mass is 9.58. The second kappa shape index (κ2) is 5.44. The first-order valence-corrected chi connectivity index (χ1v) is 7.71. The maximum atomic E-state index is 13.6. The Balaban J connectivity index is 1.75. The van der Waals surface area contributed by atoms with Crippen molar-refractivity contribution in [3.63, 3.8) is 0 Å². The van der Waals surface area contributed by atoms with E-state index in [0.29, 0.717) is 5.75 Å². The van der Waals surface area contributed by atoms with E-state index in [9.17, 15) is 14.5 Å². The van der Waals surface area contributed by atoms with Crippen molar-refractivity contribution in [1.29, 1.82) is 0 Å². The monoisotopic (exact) mass is 313 g/mol. The van der Waals surface area contributed by atoms with E-state index in [4.69, 9.17) is 16.3 Å². The summed E-state index contributed by atoms with van der Waals surface area (Å²) in [6.07, 6.45) is 6.35. The maximum Gasteiger partial charge on any atom is 0.305 e. The lowest BCUT2D eigenvalue weighted by Crippen LogP contribution is -2.58. The van der Waals surface area contributed by atoms with Crippen molar-refractivity contribution in [1.82, 2.24) is 0 Å². The molecule has 2 saturated carbocycles. The molecule has 0 amide bonds. The summed E-state index contributed by atoms with van der Waals surface area (Å²) in [6, 6.07) is 3.70. The lowest BCUT2D eigenvalue weighted by Gasteiger charge is -2.55. The third-order valence-corrected chi connectivity index (χ3v) is 5.48. The van der Waals surface area contributed by atoms with E-state index < -0.39 is 16.4 Å². The van der Waals surface area contributed by atoms with E-state index in [0.717, 1.165) is 44.2 Å². The van der Waals surface area contributed by atoms with Crippen molar-refractivity contribution in [2.75, 3.05) is 0 Å². The quantitative estimate of drug-likeness (QED) is 0.471. The molecule has 2 fully saturated rings. The van der Waals surface area contributed by atoms with E-state index in [1.54, 1.807) is 0 Å². The molecule has 0 heterocycles. The molecule has 0 radical (unpaired) electrons. The average molecular weight is 314 g/mol. The van der Waals surface area contributed by atoms with Gasteiger partial charge in [-0.2, -0.15) is 4.39 Å². The minimum atomic E-state index is -0.864. The highest BCUT2D eigenvalue weighted by molar-refractivity contribution is 6.21. The van der Waals surface area contributed by atoms with Crippen LogP contribution in [-0.2, 0) is 0 Å². The van der Waals surface area contributed by atoms with E-state index >= 15 is 0 Å². The van der Waals surface area contributed by atoms with Gasteiger partial charge in [-0.15, -0.1) is 11.6 Å². The minimum Gasteiger partial charge on any atom is -0.490 e. The maximum absolute atomic E-state index is 13.6. The van der Waals surface area contributed by atoms with Gasteiger partial charge in [0.05, 0.1) is 4.92 Å². The zero-order valence-electron chi connectivity index (χ0n) is 11.6. The number of ether oxygens (including phenoxy) is 1. The number of alkyl halides is 1. The van der Waals surface area contributed by atoms with Crippen molar-refractivity contribution in [2.45, 2.75) is 50.0 Å². The van der Waals surface area contributed by atoms with Gasteiger partial charge in [0, 0.05) is 29.3 Å². The second-order valence-electron chi connectivity index (χ2n) is 5.97. The molecule has 4 nitrogen and oxygen atoms in total. The summed E-state index contributed by atoms with van der Waals surface area (Å²) in [4.78, 5) is 9.88. The van der Waals surface area contributed by atoms with Crippen LogP contribution in [0.2, 0.25) is 0 Å². The van der Waals surface area contributed by atoms with Crippen molar-refractivity contribution < 1.29 is 14.1 Å². The largest absolute Gasteiger partial charge is 0.490 e. The van der Waals surface area contributed by atoms with Gasteiger partial charge in [-0.3, -0.25) is 10.1 Å². The van der Waals surface area contributed by atoms with Crippen LogP contribution in [-0.4, -0.2) is 16.4 Å². The number of rotatable bonds is 3. The number of hydrogen-bond donors (Lipinski definition) is 0. The van der Waals surface area contributed by atoms with E-state index in [-0.39, 0.29) is 16.9 Å². The first-order chi connectivity index (χ1) is 10.0. The molecule has 114 valence electrons. The summed E-state index contributed by atoms with van der Waals surface area (Å²) in [5, 5.41) is 10.7. The Bertz CT molecular complexity index is 560. The minimum absolute atomic E-state index is 0.00193. The molecular formula is C15H17ClFNO3. The van der Waals surface area contributed by atoms with Crippen LogP contribution in [0.1, 0.15) is 38.5 Å². The first-order valence-electron chi connectivity index (χ1n) is 7.27. The predicted octanol–water partition coefficient (Wildman–Crippen LogP) is 4.44. The molecule has 2 unspecified atom stereocenters. The average Bonchev–Trinajstić information content (AvgIpc) is 2.47. The molecule has 3 rings (SSSR count). The van der Waals surface area contributed by atoms with Crippen molar-refractivity contribution in [3.8, 4) is 5.75 Å². The number of nitro groups is 1. The third kappa shape index (κ3) is 2.48. The van der Waals surface area contributed by atoms with Gasteiger partial charge in [-0.1, -0.05) is 19.3 Å². The molecule has 2 aliphatic carbocycles. The Morgan fingerprint density at radius 3 is 2.62 bits per heavy atom. The number of nitro benzene ring substituents is 1. The van der Waals surface area contributed by atoms with Crippen LogP contribution in [0, 0.1) is 21.3 Å². The molecule has 0 bridgehead atoms.